The van der Waals surface area contributed by atoms with Gasteiger partial charge in [0.25, 0.3) is 0 Å². The van der Waals surface area contributed by atoms with Gasteiger partial charge < -0.3 is 11.5 Å². The summed E-state index contributed by atoms with van der Waals surface area (Å²) in [5.74, 6) is -0.544. The average molecular weight is 185 g/mol. The molecule has 1 rings (SSSR count). The summed E-state index contributed by atoms with van der Waals surface area (Å²) in [7, 11) is 0. The molecule has 0 heterocycles. The molecule has 64 valence electrons. The van der Waals surface area contributed by atoms with Crippen molar-refractivity contribution in [3.05, 3.63) is 34.9 Å². The minimum absolute atomic E-state index is 0.544. The number of benzene rings is 1. The summed E-state index contributed by atoms with van der Waals surface area (Å²) < 4.78 is 0. The predicted molar refractivity (Wildman–Crippen MR) is 47.6 cm³/mol. The van der Waals surface area contributed by atoms with Crippen LogP contribution in [0.4, 0.5) is 0 Å². The van der Waals surface area contributed by atoms with Gasteiger partial charge in [-0.25, -0.2) is 0 Å². The van der Waals surface area contributed by atoms with Gasteiger partial charge in [-0.2, -0.15) is 0 Å². The smallest absolute Gasteiger partial charge is 0.238 e. The number of nitrogens with two attached hydrogens (primary N) is 2. The Morgan fingerprint density at radius 2 is 1.83 bits per heavy atom. The Kier molecular flexibility index (Phi) is 2.68. The lowest BCUT2D eigenvalue weighted by Crippen LogP contribution is -2.28. The highest BCUT2D eigenvalue weighted by Gasteiger charge is 2.10. The molecule has 0 saturated carbocycles. The van der Waals surface area contributed by atoms with Gasteiger partial charge in [0.15, 0.2) is 0 Å². The van der Waals surface area contributed by atoms with Crippen LogP contribution in [-0.4, -0.2) is 5.91 Å². The maximum absolute atomic E-state index is 10.6. The Morgan fingerprint density at radius 1 is 1.33 bits per heavy atom. The van der Waals surface area contributed by atoms with Crippen molar-refractivity contribution in [1.29, 1.82) is 0 Å². The lowest BCUT2D eigenvalue weighted by molar-refractivity contribution is -0.119. The summed E-state index contributed by atoms with van der Waals surface area (Å²) in [6, 6.07) is 5.94. The molecule has 0 saturated heterocycles. The fourth-order valence-electron chi connectivity index (χ4n) is 0.834. The van der Waals surface area contributed by atoms with Crippen LogP contribution in [0.15, 0.2) is 24.3 Å². The van der Waals surface area contributed by atoms with Crippen LogP contribution in [0.1, 0.15) is 11.6 Å². The first-order valence-electron chi connectivity index (χ1n) is 3.41. The van der Waals surface area contributed by atoms with E-state index in [9.17, 15) is 4.79 Å². The van der Waals surface area contributed by atoms with E-state index in [1.807, 2.05) is 0 Å². The van der Waals surface area contributed by atoms with E-state index < -0.39 is 11.9 Å². The van der Waals surface area contributed by atoms with Crippen molar-refractivity contribution in [2.75, 3.05) is 0 Å². The minimum atomic E-state index is -0.748. The lowest BCUT2D eigenvalue weighted by Gasteiger charge is -2.06. The topological polar surface area (TPSA) is 69.1 Å². The zero-order valence-corrected chi connectivity index (χ0v) is 7.08. The van der Waals surface area contributed by atoms with Crippen LogP contribution in [0.3, 0.4) is 0 Å². The third-order valence-corrected chi connectivity index (χ3v) is 1.79. The molecule has 0 aliphatic carbocycles. The van der Waals surface area contributed by atoms with Gasteiger partial charge in [0.1, 0.15) is 6.04 Å². The first-order chi connectivity index (χ1) is 5.61. The number of hydrogen-bond acceptors (Lipinski definition) is 2. The van der Waals surface area contributed by atoms with E-state index in [2.05, 4.69) is 0 Å². The second-order valence-corrected chi connectivity index (χ2v) is 2.87. The standard InChI is InChI=1S/C8H9ClN2O/c9-6-3-1-5(2-4-6)7(10)8(11)12/h1-4,7H,10H2,(H2,11,12)/t7-/m1/s1. The number of halogens is 1. The van der Waals surface area contributed by atoms with Gasteiger partial charge in [0.05, 0.1) is 0 Å². The Labute approximate surface area is 75.3 Å². The van der Waals surface area contributed by atoms with E-state index in [1.54, 1.807) is 24.3 Å². The number of carbonyl (C=O) groups excluding carboxylic acids is 1. The molecule has 0 spiro atoms. The molecule has 1 amide bonds. The molecule has 0 unspecified atom stereocenters. The maximum Gasteiger partial charge on any atom is 0.238 e. The number of carbonyl (C=O) groups is 1. The molecule has 0 bridgehead atoms. The number of hydrogen-bond donors (Lipinski definition) is 2. The summed E-state index contributed by atoms with van der Waals surface area (Å²) >= 11 is 5.64. The summed E-state index contributed by atoms with van der Waals surface area (Å²) in [6.07, 6.45) is 0. The largest absolute Gasteiger partial charge is 0.368 e. The van der Waals surface area contributed by atoms with E-state index in [0.29, 0.717) is 10.6 Å². The molecule has 0 aromatic heterocycles. The van der Waals surface area contributed by atoms with Gasteiger partial charge in [-0.05, 0) is 17.7 Å². The van der Waals surface area contributed by atoms with Gasteiger partial charge in [-0.3, -0.25) is 4.79 Å². The van der Waals surface area contributed by atoms with Gasteiger partial charge in [0.2, 0.25) is 5.91 Å². The molecule has 0 aliphatic heterocycles. The number of primary amides is 1. The van der Waals surface area contributed by atoms with Crippen LogP contribution < -0.4 is 11.5 Å². The Hall–Kier alpha value is -1.06. The van der Waals surface area contributed by atoms with E-state index >= 15 is 0 Å². The fourth-order valence-corrected chi connectivity index (χ4v) is 0.960. The van der Waals surface area contributed by atoms with Crippen LogP contribution in [0.2, 0.25) is 5.02 Å². The zero-order valence-electron chi connectivity index (χ0n) is 6.33. The Bertz CT molecular complexity index is 284. The molecule has 0 fully saturated rings. The Balaban J connectivity index is 2.89. The molecular weight excluding hydrogens is 176 g/mol. The highest BCUT2D eigenvalue weighted by atomic mass is 35.5. The third kappa shape index (κ3) is 1.96. The van der Waals surface area contributed by atoms with Crippen molar-refractivity contribution >= 4 is 17.5 Å². The van der Waals surface area contributed by atoms with Crippen LogP contribution >= 0.6 is 11.6 Å². The van der Waals surface area contributed by atoms with Gasteiger partial charge in [0, 0.05) is 5.02 Å². The zero-order chi connectivity index (χ0) is 9.14. The van der Waals surface area contributed by atoms with E-state index in [0.717, 1.165) is 0 Å². The fraction of sp³-hybridized carbons (Fsp3) is 0.125. The van der Waals surface area contributed by atoms with E-state index in [-0.39, 0.29) is 0 Å². The first-order valence-corrected chi connectivity index (χ1v) is 3.79. The summed E-state index contributed by atoms with van der Waals surface area (Å²) in [6.45, 7) is 0. The van der Waals surface area contributed by atoms with Crippen molar-refractivity contribution in [2.45, 2.75) is 6.04 Å². The van der Waals surface area contributed by atoms with Gasteiger partial charge in [-0.15, -0.1) is 0 Å². The SMILES string of the molecule is NC(=O)[C@H](N)c1ccc(Cl)cc1. The summed E-state index contributed by atoms with van der Waals surface area (Å²) in [4.78, 5) is 10.6. The van der Waals surface area contributed by atoms with Crippen molar-refractivity contribution in [3.8, 4) is 0 Å². The molecule has 0 radical (unpaired) electrons. The van der Waals surface area contributed by atoms with Crippen molar-refractivity contribution < 1.29 is 4.79 Å². The molecule has 4 N–H and O–H groups in total. The molecular formula is C8H9ClN2O. The molecule has 1 aromatic carbocycles. The van der Waals surface area contributed by atoms with Crippen LogP contribution in [0.5, 0.6) is 0 Å². The van der Waals surface area contributed by atoms with Crippen LogP contribution in [0.25, 0.3) is 0 Å². The summed E-state index contributed by atoms with van der Waals surface area (Å²) in [5, 5.41) is 0.607. The summed E-state index contributed by atoms with van der Waals surface area (Å²) in [5.41, 5.74) is 11.2. The van der Waals surface area contributed by atoms with Crippen molar-refractivity contribution in [3.63, 3.8) is 0 Å². The monoisotopic (exact) mass is 184 g/mol. The average Bonchev–Trinajstić information content (AvgIpc) is 2.04. The van der Waals surface area contributed by atoms with Gasteiger partial charge >= 0.3 is 0 Å². The molecule has 0 aliphatic rings. The van der Waals surface area contributed by atoms with E-state index in [1.165, 1.54) is 0 Å². The molecule has 4 heteroatoms. The first kappa shape index (κ1) is 9.03. The Morgan fingerprint density at radius 3 is 2.25 bits per heavy atom. The minimum Gasteiger partial charge on any atom is -0.368 e. The van der Waals surface area contributed by atoms with Crippen molar-refractivity contribution in [1.82, 2.24) is 0 Å². The van der Waals surface area contributed by atoms with Crippen LogP contribution in [-0.2, 0) is 4.79 Å². The molecule has 1 aromatic rings. The normalized spacial score (nSPS) is 12.5. The van der Waals surface area contributed by atoms with Gasteiger partial charge in [-0.1, -0.05) is 23.7 Å². The van der Waals surface area contributed by atoms with Crippen molar-refractivity contribution in [2.24, 2.45) is 11.5 Å². The molecule has 12 heavy (non-hydrogen) atoms. The third-order valence-electron chi connectivity index (χ3n) is 1.54. The molecule has 1 atom stereocenters. The van der Waals surface area contributed by atoms with Crippen LogP contribution in [0, 0.1) is 0 Å². The quantitative estimate of drug-likeness (QED) is 0.715. The number of rotatable bonds is 2. The highest BCUT2D eigenvalue weighted by molar-refractivity contribution is 6.30. The maximum atomic E-state index is 10.6. The number of amides is 1. The van der Waals surface area contributed by atoms with E-state index in [4.69, 9.17) is 23.1 Å². The highest BCUT2D eigenvalue weighted by Crippen LogP contribution is 2.13. The second-order valence-electron chi connectivity index (χ2n) is 2.43. The predicted octanol–water partition coefficient (Wildman–Crippen LogP) is 0.825. The second kappa shape index (κ2) is 3.56. The molecule has 3 nitrogen and oxygen atoms in total. The lowest BCUT2D eigenvalue weighted by atomic mass is 10.1.